The van der Waals surface area contributed by atoms with Crippen LogP contribution in [0, 0.1) is 11.2 Å². The zero-order valence-corrected chi connectivity index (χ0v) is 13.6. The third-order valence-electron chi connectivity index (χ3n) is 4.81. The quantitative estimate of drug-likeness (QED) is 0.814. The molecule has 0 saturated heterocycles. The van der Waals surface area contributed by atoms with E-state index in [-0.39, 0.29) is 11.2 Å². The fourth-order valence-corrected chi connectivity index (χ4v) is 3.63. The van der Waals surface area contributed by atoms with Gasteiger partial charge in [0.05, 0.1) is 4.47 Å². The summed E-state index contributed by atoms with van der Waals surface area (Å²) >= 11 is 3.29. The summed E-state index contributed by atoms with van der Waals surface area (Å²) in [5.41, 5.74) is 1.54. The summed E-state index contributed by atoms with van der Waals surface area (Å²) in [7, 11) is 0. The second-order valence-electron chi connectivity index (χ2n) is 5.83. The van der Waals surface area contributed by atoms with Gasteiger partial charge in [0.25, 0.3) is 0 Å². The van der Waals surface area contributed by atoms with Crippen molar-refractivity contribution in [2.45, 2.75) is 52.0 Å². The standard InChI is InChI=1S/C16H23BrFN/c1-4-8-19-15-10-12(16(15,3)5-2)11-6-7-14(18)13(17)9-11/h6-7,9,12,15,19H,4-5,8,10H2,1-3H3. The number of rotatable bonds is 5. The Balaban J connectivity index is 2.15. The summed E-state index contributed by atoms with van der Waals surface area (Å²) in [5.74, 6) is 0.352. The molecule has 1 aliphatic carbocycles. The lowest BCUT2D eigenvalue weighted by Crippen LogP contribution is -2.56. The van der Waals surface area contributed by atoms with Gasteiger partial charge in [-0.3, -0.25) is 0 Å². The van der Waals surface area contributed by atoms with Gasteiger partial charge in [-0.05, 0) is 70.8 Å². The number of hydrogen-bond donors (Lipinski definition) is 1. The first kappa shape index (κ1) is 15.0. The monoisotopic (exact) mass is 327 g/mol. The molecule has 0 heterocycles. The molecular formula is C16H23BrFN. The first-order valence-electron chi connectivity index (χ1n) is 7.21. The van der Waals surface area contributed by atoms with Crippen LogP contribution in [0.3, 0.4) is 0 Å². The van der Waals surface area contributed by atoms with Gasteiger partial charge in [-0.15, -0.1) is 0 Å². The molecule has 1 aromatic rings. The van der Waals surface area contributed by atoms with Crippen LogP contribution < -0.4 is 5.32 Å². The van der Waals surface area contributed by atoms with Crippen molar-refractivity contribution in [1.29, 1.82) is 0 Å². The molecule has 1 saturated carbocycles. The Kier molecular flexibility index (Phi) is 4.67. The van der Waals surface area contributed by atoms with Gasteiger partial charge >= 0.3 is 0 Å². The topological polar surface area (TPSA) is 12.0 Å². The summed E-state index contributed by atoms with van der Waals surface area (Å²) in [6.45, 7) is 7.89. The van der Waals surface area contributed by atoms with Crippen molar-refractivity contribution >= 4 is 15.9 Å². The van der Waals surface area contributed by atoms with Gasteiger partial charge in [0.2, 0.25) is 0 Å². The van der Waals surface area contributed by atoms with Gasteiger partial charge in [0, 0.05) is 6.04 Å². The minimum Gasteiger partial charge on any atom is -0.313 e. The van der Waals surface area contributed by atoms with Crippen LogP contribution in [0.1, 0.15) is 51.5 Å². The number of hydrogen-bond acceptors (Lipinski definition) is 1. The van der Waals surface area contributed by atoms with E-state index < -0.39 is 0 Å². The number of halogens is 2. The molecule has 1 aliphatic rings. The lowest BCUT2D eigenvalue weighted by Gasteiger charge is -2.55. The van der Waals surface area contributed by atoms with E-state index in [9.17, 15) is 4.39 Å². The molecule has 1 nitrogen and oxygen atoms in total. The Bertz CT molecular complexity index is 448. The van der Waals surface area contributed by atoms with Gasteiger partial charge in [-0.1, -0.05) is 26.8 Å². The van der Waals surface area contributed by atoms with Crippen molar-refractivity contribution in [3.63, 3.8) is 0 Å². The third-order valence-corrected chi connectivity index (χ3v) is 5.42. The van der Waals surface area contributed by atoms with Crippen LogP contribution in [0.4, 0.5) is 4.39 Å². The molecule has 2 rings (SSSR count). The highest BCUT2D eigenvalue weighted by molar-refractivity contribution is 9.10. The zero-order valence-electron chi connectivity index (χ0n) is 12.0. The molecule has 106 valence electrons. The van der Waals surface area contributed by atoms with Gasteiger partial charge < -0.3 is 5.32 Å². The Hall–Kier alpha value is -0.410. The minimum atomic E-state index is -0.179. The van der Waals surface area contributed by atoms with Crippen LogP contribution in [-0.4, -0.2) is 12.6 Å². The predicted molar refractivity (Wildman–Crippen MR) is 81.9 cm³/mol. The lowest BCUT2D eigenvalue weighted by molar-refractivity contribution is 0.0444. The van der Waals surface area contributed by atoms with Gasteiger partial charge in [-0.2, -0.15) is 0 Å². The molecule has 0 spiro atoms. The molecule has 0 aromatic heterocycles. The fourth-order valence-electron chi connectivity index (χ4n) is 3.23. The Morgan fingerprint density at radius 2 is 2.16 bits per heavy atom. The van der Waals surface area contributed by atoms with Crippen LogP contribution >= 0.6 is 15.9 Å². The highest BCUT2D eigenvalue weighted by atomic mass is 79.9. The van der Waals surface area contributed by atoms with E-state index >= 15 is 0 Å². The van der Waals surface area contributed by atoms with Crippen LogP contribution in [0.15, 0.2) is 22.7 Å². The summed E-state index contributed by atoms with van der Waals surface area (Å²) in [6.07, 6.45) is 3.47. The van der Waals surface area contributed by atoms with E-state index in [0.29, 0.717) is 16.4 Å². The van der Waals surface area contributed by atoms with Gasteiger partial charge in [0.1, 0.15) is 5.82 Å². The lowest BCUT2D eigenvalue weighted by atomic mass is 9.54. The minimum absolute atomic E-state index is 0.179. The third kappa shape index (κ3) is 2.73. The summed E-state index contributed by atoms with van der Waals surface area (Å²) in [4.78, 5) is 0. The molecule has 0 bridgehead atoms. The van der Waals surface area contributed by atoms with Crippen molar-refractivity contribution in [3.8, 4) is 0 Å². The van der Waals surface area contributed by atoms with Crippen molar-refractivity contribution in [2.75, 3.05) is 6.54 Å². The molecule has 1 N–H and O–H groups in total. The van der Waals surface area contributed by atoms with Crippen LogP contribution in [-0.2, 0) is 0 Å². The van der Waals surface area contributed by atoms with Crippen LogP contribution in [0.25, 0.3) is 0 Å². The molecule has 0 aliphatic heterocycles. The molecule has 0 amide bonds. The van der Waals surface area contributed by atoms with Crippen molar-refractivity contribution in [2.24, 2.45) is 5.41 Å². The van der Waals surface area contributed by atoms with E-state index in [0.717, 1.165) is 19.4 Å². The smallest absolute Gasteiger partial charge is 0.137 e. The average Bonchev–Trinajstić information content (AvgIpc) is 2.40. The van der Waals surface area contributed by atoms with E-state index in [2.05, 4.69) is 42.0 Å². The molecule has 3 atom stereocenters. The molecule has 0 radical (unpaired) electrons. The first-order chi connectivity index (χ1) is 9.02. The normalized spacial score (nSPS) is 30.2. The second-order valence-corrected chi connectivity index (χ2v) is 6.68. The largest absolute Gasteiger partial charge is 0.313 e. The fraction of sp³-hybridized carbons (Fsp3) is 0.625. The predicted octanol–water partition coefficient (Wildman–Crippen LogP) is 4.86. The number of nitrogens with one attached hydrogen (secondary N) is 1. The Morgan fingerprint density at radius 1 is 1.42 bits per heavy atom. The highest BCUT2D eigenvalue weighted by Crippen LogP contribution is 2.55. The van der Waals surface area contributed by atoms with Crippen molar-refractivity contribution in [1.82, 2.24) is 5.32 Å². The molecule has 3 heteroatoms. The summed E-state index contributed by atoms with van der Waals surface area (Å²) in [6, 6.07) is 6.05. The van der Waals surface area contributed by atoms with E-state index in [1.165, 1.54) is 12.0 Å². The molecule has 1 fully saturated rings. The molecular weight excluding hydrogens is 305 g/mol. The molecule has 19 heavy (non-hydrogen) atoms. The first-order valence-corrected chi connectivity index (χ1v) is 8.00. The summed E-state index contributed by atoms with van der Waals surface area (Å²) in [5, 5.41) is 3.65. The SMILES string of the molecule is CCCNC1CC(c2ccc(F)c(Br)c2)C1(C)CC. The van der Waals surface area contributed by atoms with E-state index in [1.807, 2.05) is 12.1 Å². The van der Waals surface area contributed by atoms with Crippen molar-refractivity contribution in [3.05, 3.63) is 34.1 Å². The van der Waals surface area contributed by atoms with E-state index in [4.69, 9.17) is 0 Å². The molecule has 3 unspecified atom stereocenters. The zero-order chi connectivity index (χ0) is 14.0. The van der Waals surface area contributed by atoms with Crippen LogP contribution in [0.5, 0.6) is 0 Å². The van der Waals surface area contributed by atoms with Gasteiger partial charge in [0.15, 0.2) is 0 Å². The van der Waals surface area contributed by atoms with Crippen LogP contribution in [0.2, 0.25) is 0 Å². The van der Waals surface area contributed by atoms with Crippen molar-refractivity contribution < 1.29 is 4.39 Å². The van der Waals surface area contributed by atoms with Gasteiger partial charge in [-0.25, -0.2) is 4.39 Å². The Morgan fingerprint density at radius 3 is 2.74 bits per heavy atom. The van der Waals surface area contributed by atoms with E-state index in [1.54, 1.807) is 6.07 Å². The molecule has 1 aromatic carbocycles. The Labute approximate surface area is 124 Å². The maximum absolute atomic E-state index is 13.3. The maximum Gasteiger partial charge on any atom is 0.137 e. The average molecular weight is 328 g/mol. The highest BCUT2D eigenvalue weighted by Gasteiger charge is 2.50. The summed E-state index contributed by atoms with van der Waals surface area (Å²) < 4.78 is 13.9. The second kappa shape index (κ2) is 5.92. The maximum atomic E-state index is 13.3. The number of benzene rings is 1.